The molecule has 0 aliphatic carbocycles. The standard InChI is InChI=1S/C12H22F2N4/c1-4-17(5-2)9-10(3)16-8-11-15-6-7-18(11)12(13)14/h6-7,10,12,16H,4-5,8-9H2,1-3H3. The van der Waals surface area contributed by atoms with Crippen molar-refractivity contribution in [1.29, 1.82) is 0 Å². The summed E-state index contributed by atoms with van der Waals surface area (Å²) in [6.45, 7) is 7.00. The van der Waals surface area contributed by atoms with Crippen molar-refractivity contribution in [3.63, 3.8) is 0 Å². The molecule has 1 aromatic rings. The summed E-state index contributed by atoms with van der Waals surface area (Å²) in [6.07, 6.45) is 2.70. The van der Waals surface area contributed by atoms with Crippen LogP contribution in [0.25, 0.3) is 0 Å². The van der Waals surface area contributed by atoms with Crippen LogP contribution in [0.15, 0.2) is 12.4 Å². The first-order chi connectivity index (χ1) is 8.58. The Kier molecular flexibility index (Phi) is 6.21. The van der Waals surface area contributed by atoms with Gasteiger partial charge < -0.3 is 10.2 Å². The summed E-state index contributed by atoms with van der Waals surface area (Å²) in [5.74, 6) is 0.372. The van der Waals surface area contributed by atoms with Crippen molar-refractivity contribution >= 4 is 0 Å². The van der Waals surface area contributed by atoms with E-state index in [4.69, 9.17) is 0 Å². The van der Waals surface area contributed by atoms with E-state index in [1.54, 1.807) is 0 Å². The van der Waals surface area contributed by atoms with Gasteiger partial charge >= 0.3 is 6.55 Å². The molecule has 0 fully saturated rings. The highest BCUT2D eigenvalue weighted by Gasteiger charge is 2.12. The average molecular weight is 260 g/mol. The Balaban J connectivity index is 2.42. The van der Waals surface area contributed by atoms with Crippen LogP contribution in [0.5, 0.6) is 0 Å². The Labute approximate surface area is 107 Å². The Bertz CT molecular complexity index is 337. The lowest BCUT2D eigenvalue weighted by Crippen LogP contribution is -2.39. The van der Waals surface area contributed by atoms with Crippen LogP contribution in [-0.2, 0) is 6.54 Å². The van der Waals surface area contributed by atoms with Crippen LogP contribution in [0.4, 0.5) is 8.78 Å². The van der Waals surface area contributed by atoms with Gasteiger partial charge in [-0.2, -0.15) is 8.78 Å². The zero-order valence-corrected chi connectivity index (χ0v) is 11.2. The summed E-state index contributed by atoms with van der Waals surface area (Å²) in [5, 5.41) is 3.22. The van der Waals surface area contributed by atoms with Gasteiger partial charge in [-0.25, -0.2) is 4.98 Å². The summed E-state index contributed by atoms with van der Waals surface area (Å²) in [4.78, 5) is 6.22. The minimum Gasteiger partial charge on any atom is -0.306 e. The third-order valence-corrected chi connectivity index (χ3v) is 2.99. The molecule has 6 heteroatoms. The first kappa shape index (κ1) is 15.0. The largest absolute Gasteiger partial charge is 0.319 e. The van der Waals surface area contributed by atoms with Crippen molar-refractivity contribution in [2.24, 2.45) is 0 Å². The van der Waals surface area contributed by atoms with E-state index in [0.29, 0.717) is 12.4 Å². The first-order valence-electron chi connectivity index (χ1n) is 6.34. The van der Waals surface area contributed by atoms with E-state index in [0.717, 1.165) is 24.2 Å². The molecule has 0 amide bonds. The number of hydrogen-bond acceptors (Lipinski definition) is 3. The second-order valence-corrected chi connectivity index (χ2v) is 4.30. The normalized spacial score (nSPS) is 13.5. The van der Waals surface area contributed by atoms with Crippen LogP contribution in [0.1, 0.15) is 33.1 Å². The highest BCUT2D eigenvalue weighted by molar-refractivity contribution is 4.92. The average Bonchev–Trinajstić information content (AvgIpc) is 2.81. The van der Waals surface area contributed by atoms with E-state index in [2.05, 4.69) is 29.0 Å². The molecule has 1 rings (SSSR count). The molecular weight excluding hydrogens is 238 g/mol. The zero-order chi connectivity index (χ0) is 13.5. The second-order valence-electron chi connectivity index (χ2n) is 4.30. The molecule has 0 saturated heterocycles. The molecule has 0 radical (unpaired) electrons. The summed E-state index contributed by atoms with van der Waals surface area (Å²) in [5.41, 5.74) is 0. The van der Waals surface area contributed by atoms with Crippen LogP contribution in [0.3, 0.4) is 0 Å². The number of alkyl halides is 2. The number of imidazole rings is 1. The smallest absolute Gasteiger partial charge is 0.306 e. The predicted octanol–water partition coefficient (Wildman–Crippen LogP) is 2.10. The molecule has 18 heavy (non-hydrogen) atoms. The molecule has 0 aromatic carbocycles. The van der Waals surface area contributed by atoms with Gasteiger partial charge in [-0.3, -0.25) is 4.57 Å². The van der Waals surface area contributed by atoms with Gasteiger partial charge in [0.1, 0.15) is 5.82 Å². The maximum Gasteiger partial charge on any atom is 0.319 e. The van der Waals surface area contributed by atoms with E-state index in [9.17, 15) is 8.78 Å². The molecule has 1 atom stereocenters. The van der Waals surface area contributed by atoms with E-state index in [1.807, 2.05) is 6.92 Å². The molecular formula is C12H22F2N4. The van der Waals surface area contributed by atoms with Gasteiger partial charge in [0.2, 0.25) is 0 Å². The molecule has 1 heterocycles. The third-order valence-electron chi connectivity index (χ3n) is 2.99. The molecule has 0 aliphatic heterocycles. The number of nitrogens with zero attached hydrogens (tertiary/aromatic N) is 3. The molecule has 1 unspecified atom stereocenters. The van der Waals surface area contributed by atoms with Gasteiger partial charge in [-0.05, 0) is 20.0 Å². The van der Waals surface area contributed by atoms with E-state index >= 15 is 0 Å². The van der Waals surface area contributed by atoms with Crippen LogP contribution < -0.4 is 5.32 Å². The second kappa shape index (κ2) is 7.43. The Hall–Kier alpha value is -1.01. The van der Waals surface area contributed by atoms with E-state index in [1.165, 1.54) is 12.4 Å². The topological polar surface area (TPSA) is 33.1 Å². The Morgan fingerprint density at radius 3 is 2.61 bits per heavy atom. The summed E-state index contributed by atoms with van der Waals surface area (Å²) < 4.78 is 26.1. The molecule has 1 N–H and O–H groups in total. The molecule has 0 aliphatic rings. The monoisotopic (exact) mass is 260 g/mol. The van der Waals surface area contributed by atoms with Crippen LogP contribution in [0, 0.1) is 0 Å². The predicted molar refractivity (Wildman–Crippen MR) is 67.6 cm³/mol. The lowest BCUT2D eigenvalue weighted by Gasteiger charge is -2.23. The SMILES string of the molecule is CCN(CC)CC(C)NCc1nccn1C(F)F. The van der Waals surface area contributed by atoms with E-state index < -0.39 is 6.55 Å². The summed E-state index contributed by atoms with van der Waals surface area (Å²) in [6, 6.07) is 0.243. The van der Waals surface area contributed by atoms with Crippen LogP contribution in [0.2, 0.25) is 0 Å². The maximum absolute atomic E-state index is 12.6. The van der Waals surface area contributed by atoms with Crippen LogP contribution in [-0.4, -0.2) is 40.1 Å². The van der Waals surface area contributed by atoms with Crippen molar-refractivity contribution in [2.75, 3.05) is 19.6 Å². The number of hydrogen-bond donors (Lipinski definition) is 1. The van der Waals surface area contributed by atoms with E-state index in [-0.39, 0.29) is 6.04 Å². The fourth-order valence-electron chi connectivity index (χ4n) is 1.86. The molecule has 0 spiro atoms. The molecule has 1 aromatic heterocycles. The number of halogens is 2. The lowest BCUT2D eigenvalue weighted by atomic mass is 10.3. The Morgan fingerprint density at radius 1 is 1.39 bits per heavy atom. The van der Waals surface area contributed by atoms with Crippen molar-refractivity contribution < 1.29 is 8.78 Å². The minimum absolute atomic E-state index is 0.243. The van der Waals surface area contributed by atoms with Gasteiger partial charge in [-0.1, -0.05) is 13.8 Å². The highest BCUT2D eigenvalue weighted by atomic mass is 19.3. The van der Waals surface area contributed by atoms with Crippen molar-refractivity contribution in [3.05, 3.63) is 18.2 Å². The number of rotatable bonds is 8. The fourth-order valence-corrected chi connectivity index (χ4v) is 1.86. The lowest BCUT2D eigenvalue weighted by molar-refractivity contribution is 0.0664. The van der Waals surface area contributed by atoms with Gasteiger partial charge in [0, 0.05) is 25.0 Å². The molecule has 0 bridgehead atoms. The number of nitrogens with one attached hydrogen (secondary N) is 1. The number of aromatic nitrogens is 2. The van der Waals surface area contributed by atoms with Crippen molar-refractivity contribution in [2.45, 2.75) is 39.9 Å². The fraction of sp³-hybridized carbons (Fsp3) is 0.750. The van der Waals surface area contributed by atoms with Crippen LogP contribution >= 0.6 is 0 Å². The van der Waals surface area contributed by atoms with Crippen molar-refractivity contribution in [3.8, 4) is 0 Å². The van der Waals surface area contributed by atoms with Gasteiger partial charge in [-0.15, -0.1) is 0 Å². The highest BCUT2D eigenvalue weighted by Crippen LogP contribution is 2.12. The molecule has 4 nitrogen and oxygen atoms in total. The molecule has 104 valence electrons. The minimum atomic E-state index is -2.53. The first-order valence-corrected chi connectivity index (χ1v) is 6.34. The summed E-state index contributed by atoms with van der Waals surface area (Å²) >= 11 is 0. The summed E-state index contributed by atoms with van der Waals surface area (Å²) in [7, 11) is 0. The zero-order valence-electron chi connectivity index (χ0n) is 11.2. The van der Waals surface area contributed by atoms with Gasteiger partial charge in [0.15, 0.2) is 0 Å². The van der Waals surface area contributed by atoms with Gasteiger partial charge in [0.05, 0.1) is 6.54 Å². The molecule has 0 saturated carbocycles. The Morgan fingerprint density at radius 2 is 2.06 bits per heavy atom. The van der Waals surface area contributed by atoms with Crippen molar-refractivity contribution in [1.82, 2.24) is 19.8 Å². The third kappa shape index (κ3) is 4.34. The quantitative estimate of drug-likeness (QED) is 0.777. The number of likely N-dealkylation sites (N-methyl/N-ethyl adjacent to an activating group) is 1. The van der Waals surface area contributed by atoms with Gasteiger partial charge in [0.25, 0.3) is 0 Å². The maximum atomic E-state index is 12.6.